The van der Waals surface area contributed by atoms with Gasteiger partial charge in [0.05, 0.1) is 12.1 Å². The fraction of sp³-hybridized carbons (Fsp3) is 0.643. The second-order valence-corrected chi connectivity index (χ2v) is 5.67. The average molecular weight is 288 g/mol. The maximum atomic E-state index is 12.6. The van der Waals surface area contributed by atoms with Crippen LogP contribution in [0.5, 0.6) is 0 Å². The van der Waals surface area contributed by atoms with Crippen LogP contribution in [0.15, 0.2) is 18.2 Å². The molecule has 2 unspecified atom stereocenters. The van der Waals surface area contributed by atoms with Crippen LogP contribution < -0.4 is 5.32 Å². The molecule has 0 spiro atoms. The highest BCUT2D eigenvalue weighted by Gasteiger charge is 2.36. The number of anilines is 1. The van der Waals surface area contributed by atoms with Gasteiger partial charge in [-0.25, -0.2) is 4.98 Å². The molecule has 2 rings (SSSR count). The first kappa shape index (κ1) is 15.1. The smallest absolute Gasteiger partial charge is 0.394 e. The number of rotatable bonds is 3. The highest BCUT2D eigenvalue weighted by atomic mass is 19.4. The quantitative estimate of drug-likeness (QED) is 0.895. The molecule has 0 saturated heterocycles. The van der Waals surface area contributed by atoms with Crippen LogP contribution in [0.1, 0.15) is 38.3 Å². The fourth-order valence-electron chi connectivity index (χ4n) is 2.89. The van der Waals surface area contributed by atoms with Crippen LogP contribution in [-0.4, -0.2) is 22.2 Å². The number of halogens is 3. The van der Waals surface area contributed by atoms with Crippen molar-refractivity contribution in [1.29, 1.82) is 0 Å². The molecule has 0 radical (unpaired) electrons. The Hall–Kier alpha value is -1.30. The van der Waals surface area contributed by atoms with Crippen LogP contribution in [0.4, 0.5) is 19.0 Å². The lowest BCUT2D eigenvalue weighted by Gasteiger charge is -2.39. The van der Waals surface area contributed by atoms with Crippen LogP contribution >= 0.6 is 0 Å². The monoisotopic (exact) mass is 288 g/mol. The van der Waals surface area contributed by atoms with E-state index in [9.17, 15) is 18.3 Å². The molecule has 1 aliphatic carbocycles. The topological polar surface area (TPSA) is 45.1 Å². The van der Waals surface area contributed by atoms with Gasteiger partial charge in [0.15, 0.2) is 0 Å². The summed E-state index contributed by atoms with van der Waals surface area (Å²) < 4.78 is 37.9. The first-order valence-corrected chi connectivity index (χ1v) is 6.78. The van der Waals surface area contributed by atoms with Crippen molar-refractivity contribution in [2.45, 2.75) is 44.3 Å². The normalized spacial score (nSPS) is 27.4. The van der Waals surface area contributed by atoms with Gasteiger partial charge in [-0.15, -0.1) is 0 Å². The number of hydrogen-bond donors (Lipinski definition) is 2. The van der Waals surface area contributed by atoms with E-state index in [0.717, 1.165) is 31.7 Å². The van der Waals surface area contributed by atoms with Crippen molar-refractivity contribution in [2.24, 2.45) is 5.92 Å². The summed E-state index contributed by atoms with van der Waals surface area (Å²) in [4.78, 5) is 3.61. The second-order valence-electron chi connectivity index (χ2n) is 5.67. The molecule has 112 valence electrons. The van der Waals surface area contributed by atoms with Gasteiger partial charge < -0.3 is 10.4 Å². The first-order valence-electron chi connectivity index (χ1n) is 6.78. The lowest BCUT2D eigenvalue weighted by Crippen LogP contribution is -2.46. The van der Waals surface area contributed by atoms with Crippen LogP contribution in [0.25, 0.3) is 0 Å². The van der Waals surface area contributed by atoms with Gasteiger partial charge in [0.2, 0.25) is 0 Å². The minimum absolute atomic E-state index is 0.102. The van der Waals surface area contributed by atoms with Crippen LogP contribution in [-0.2, 0) is 6.18 Å². The zero-order valence-corrected chi connectivity index (χ0v) is 11.4. The van der Waals surface area contributed by atoms with Gasteiger partial charge in [0.1, 0.15) is 11.5 Å². The molecule has 1 saturated carbocycles. The molecule has 6 heteroatoms. The Morgan fingerprint density at radius 1 is 1.45 bits per heavy atom. The summed E-state index contributed by atoms with van der Waals surface area (Å²) >= 11 is 0. The van der Waals surface area contributed by atoms with E-state index >= 15 is 0 Å². The summed E-state index contributed by atoms with van der Waals surface area (Å²) in [6, 6.07) is 3.78. The summed E-state index contributed by atoms with van der Waals surface area (Å²) in [5.41, 5.74) is -1.48. The maximum absolute atomic E-state index is 12.6. The summed E-state index contributed by atoms with van der Waals surface area (Å²) in [6.07, 6.45) is -0.940. The van der Waals surface area contributed by atoms with Gasteiger partial charge in [-0.1, -0.05) is 25.8 Å². The minimum atomic E-state index is -4.45. The van der Waals surface area contributed by atoms with E-state index in [2.05, 4.69) is 17.2 Å². The second kappa shape index (κ2) is 5.60. The molecule has 1 aliphatic rings. The van der Waals surface area contributed by atoms with Crippen LogP contribution in [0.2, 0.25) is 0 Å². The highest BCUT2D eigenvalue weighted by Crippen LogP contribution is 2.35. The van der Waals surface area contributed by atoms with Crippen molar-refractivity contribution in [3.63, 3.8) is 0 Å². The molecule has 0 aromatic carbocycles. The lowest BCUT2D eigenvalue weighted by molar-refractivity contribution is -0.141. The molecule has 1 heterocycles. The number of aliphatic hydroxyl groups excluding tert-OH is 1. The summed E-state index contributed by atoms with van der Waals surface area (Å²) in [5, 5.41) is 12.7. The molecule has 0 aliphatic heterocycles. The molecule has 1 aromatic rings. The molecule has 1 fully saturated rings. The Morgan fingerprint density at radius 2 is 2.20 bits per heavy atom. The van der Waals surface area contributed by atoms with Gasteiger partial charge in [-0.3, -0.25) is 0 Å². The summed E-state index contributed by atoms with van der Waals surface area (Å²) in [6.45, 7) is 1.99. The number of aromatic nitrogens is 1. The number of alkyl halides is 3. The Morgan fingerprint density at radius 3 is 2.80 bits per heavy atom. The fourth-order valence-corrected chi connectivity index (χ4v) is 2.89. The highest BCUT2D eigenvalue weighted by molar-refractivity contribution is 5.39. The Kier molecular flexibility index (Phi) is 4.22. The van der Waals surface area contributed by atoms with E-state index in [1.807, 2.05) is 0 Å². The van der Waals surface area contributed by atoms with Crippen molar-refractivity contribution in [3.05, 3.63) is 23.9 Å². The maximum Gasteiger partial charge on any atom is 0.433 e. The van der Waals surface area contributed by atoms with E-state index in [1.165, 1.54) is 12.1 Å². The zero-order valence-electron chi connectivity index (χ0n) is 11.4. The Balaban J connectivity index is 2.19. The number of nitrogens with zero attached hydrogens (tertiary/aromatic N) is 1. The van der Waals surface area contributed by atoms with Crippen molar-refractivity contribution >= 4 is 5.82 Å². The van der Waals surface area contributed by atoms with Gasteiger partial charge >= 0.3 is 6.18 Å². The Labute approximate surface area is 116 Å². The third-order valence-electron chi connectivity index (χ3n) is 3.83. The van der Waals surface area contributed by atoms with Gasteiger partial charge in [0, 0.05) is 0 Å². The largest absolute Gasteiger partial charge is 0.433 e. The Bertz CT molecular complexity index is 464. The predicted octanol–water partition coefficient (Wildman–Crippen LogP) is 3.45. The zero-order chi connectivity index (χ0) is 14.8. The molecular weight excluding hydrogens is 269 g/mol. The van der Waals surface area contributed by atoms with Gasteiger partial charge in [-0.05, 0) is 30.9 Å². The predicted molar refractivity (Wildman–Crippen MR) is 70.3 cm³/mol. The van der Waals surface area contributed by atoms with E-state index in [1.54, 1.807) is 0 Å². The number of nitrogens with one attached hydrogen (secondary N) is 1. The van der Waals surface area contributed by atoms with E-state index < -0.39 is 17.4 Å². The van der Waals surface area contributed by atoms with E-state index in [-0.39, 0.29) is 12.4 Å². The average Bonchev–Trinajstić information content (AvgIpc) is 2.38. The number of aliphatic hydroxyl groups is 1. The molecule has 3 nitrogen and oxygen atoms in total. The van der Waals surface area contributed by atoms with E-state index in [0.29, 0.717) is 5.92 Å². The summed E-state index contributed by atoms with van der Waals surface area (Å²) in [5.74, 6) is 0.608. The molecule has 0 amide bonds. The van der Waals surface area contributed by atoms with Crippen molar-refractivity contribution in [2.75, 3.05) is 11.9 Å². The van der Waals surface area contributed by atoms with Gasteiger partial charge in [0.25, 0.3) is 0 Å². The number of pyridine rings is 1. The van der Waals surface area contributed by atoms with Gasteiger partial charge in [-0.2, -0.15) is 13.2 Å². The number of hydrogen-bond acceptors (Lipinski definition) is 3. The molecule has 0 bridgehead atoms. The van der Waals surface area contributed by atoms with E-state index in [4.69, 9.17) is 0 Å². The van der Waals surface area contributed by atoms with Crippen LogP contribution in [0.3, 0.4) is 0 Å². The van der Waals surface area contributed by atoms with Crippen molar-refractivity contribution in [1.82, 2.24) is 4.98 Å². The molecule has 20 heavy (non-hydrogen) atoms. The van der Waals surface area contributed by atoms with Crippen molar-refractivity contribution < 1.29 is 18.3 Å². The van der Waals surface area contributed by atoms with Crippen LogP contribution in [0, 0.1) is 5.92 Å². The minimum Gasteiger partial charge on any atom is -0.394 e. The lowest BCUT2D eigenvalue weighted by atomic mass is 9.77. The molecule has 2 N–H and O–H groups in total. The third-order valence-corrected chi connectivity index (χ3v) is 3.83. The molecule has 2 atom stereocenters. The summed E-state index contributed by atoms with van der Waals surface area (Å²) in [7, 11) is 0. The first-order chi connectivity index (χ1) is 9.35. The molecular formula is C14H19F3N2O. The standard InChI is InChI=1S/C14H19F3N2O/c1-10-4-3-7-13(8-10,9-20)19-12-6-2-5-11(18-12)14(15,16)17/h2,5-6,10,20H,3-4,7-9H2,1H3,(H,18,19). The third kappa shape index (κ3) is 3.42. The molecule has 1 aromatic heterocycles. The van der Waals surface area contributed by atoms with Crippen molar-refractivity contribution in [3.8, 4) is 0 Å². The SMILES string of the molecule is CC1CCCC(CO)(Nc2cccc(C(F)(F)F)n2)C1.